The molecule has 20 nitrogen and oxygen atoms in total. The zero-order valence-corrected chi connectivity index (χ0v) is 21.0. The van der Waals surface area contributed by atoms with Crippen molar-refractivity contribution in [3.8, 4) is 0 Å². The van der Waals surface area contributed by atoms with E-state index in [9.17, 15) is 49.3 Å². The molecule has 3 saturated heterocycles. The zero-order valence-electron chi connectivity index (χ0n) is 20.1. The van der Waals surface area contributed by atoms with E-state index in [0.717, 1.165) is 0 Å². The molecule has 0 aromatic rings. The lowest BCUT2D eigenvalue weighted by molar-refractivity contribution is -0.391. The van der Waals surface area contributed by atoms with Gasteiger partial charge in [0.15, 0.2) is 18.9 Å². The molecular weight excluding hydrogens is 562 g/mol. The summed E-state index contributed by atoms with van der Waals surface area (Å²) in [6.07, 6.45) is -18.8. The number of aliphatic hydroxyl groups excluding tert-OH is 8. The van der Waals surface area contributed by atoms with Crippen LogP contribution in [-0.4, -0.2) is 165 Å². The predicted molar refractivity (Wildman–Crippen MR) is 119 cm³/mol. The van der Waals surface area contributed by atoms with E-state index in [1.54, 1.807) is 0 Å². The molecule has 0 aliphatic carbocycles. The van der Waals surface area contributed by atoms with Crippen molar-refractivity contribution in [2.45, 2.75) is 91.6 Å². The van der Waals surface area contributed by atoms with E-state index in [4.69, 9.17) is 45.4 Å². The standard InChI is InChI=1S/C18H35N3O17S/c19-6-9(25)12(4(1-22)33-15(6)29)35-16-7(20)10(26)13(5(2-23)34-16)36-17-8(21)11(27)14(28)18(3-24,37-17)38-39(30,31)32/h4-17,22-29H,1-3,19-21H2,(H,30,31,32)/t4-,5-,6-,7-,8-,9-,10-,11-,12?,13?,14+,15-,16+,17+,18-/m1/s1. The molecule has 0 radical (unpaired) electrons. The number of nitrogens with two attached hydrogens (primary N) is 3. The highest BCUT2D eigenvalue weighted by molar-refractivity contribution is 7.80. The van der Waals surface area contributed by atoms with Gasteiger partial charge in [0, 0.05) is 0 Å². The fraction of sp³-hybridized carbons (Fsp3) is 1.00. The second-order valence-corrected chi connectivity index (χ2v) is 10.3. The number of ether oxygens (including phenoxy) is 5. The van der Waals surface area contributed by atoms with E-state index in [1.165, 1.54) is 0 Å². The maximum atomic E-state index is 11.3. The molecule has 21 heteroatoms. The van der Waals surface area contributed by atoms with E-state index in [-0.39, 0.29) is 0 Å². The van der Waals surface area contributed by atoms with Crippen molar-refractivity contribution in [2.75, 3.05) is 19.8 Å². The lowest BCUT2D eigenvalue weighted by Gasteiger charge is -2.50. The van der Waals surface area contributed by atoms with Gasteiger partial charge in [0.1, 0.15) is 55.4 Å². The summed E-state index contributed by atoms with van der Waals surface area (Å²) in [5.74, 6) is -2.99. The Morgan fingerprint density at radius 2 is 1.23 bits per heavy atom. The summed E-state index contributed by atoms with van der Waals surface area (Å²) >= 11 is 0. The Labute approximate surface area is 221 Å². The molecule has 39 heavy (non-hydrogen) atoms. The van der Waals surface area contributed by atoms with E-state index in [0.29, 0.717) is 0 Å². The average Bonchev–Trinajstić information content (AvgIpc) is 2.88. The molecule has 0 amide bonds. The van der Waals surface area contributed by atoms with Gasteiger partial charge < -0.3 is 81.7 Å². The van der Waals surface area contributed by atoms with Crippen LogP contribution in [0.1, 0.15) is 0 Å². The van der Waals surface area contributed by atoms with E-state index in [1.807, 2.05) is 0 Å². The van der Waals surface area contributed by atoms with Crippen molar-refractivity contribution in [3.05, 3.63) is 0 Å². The fourth-order valence-electron chi connectivity index (χ4n) is 4.46. The molecule has 3 aliphatic rings. The Kier molecular flexibility index (Phi) is 10.6. The first kappa shape index (κ1) is 32.7. The van der Waals surface area contributed by atoms with E-state index in [2.05, 4.69) is 4.18 Å². The smallest absolute Gasteiger partial charge is 0.394 e. The maximum absolute atomic E-state index is 11.3. The second kappa shape index (κ2) is 12.6. The molecule has 2 unspecified atom stereocenters. The third kappa shape index (κ3) is 6.67. The van der Waals surface area contributed by atoms with Gasteiger partial charge in [0.25, 0.3) is 0 Å². The highest BCUT2D eigenvalue weighted by Crippen LogP contribution is 2.35. The summed E-state index contributed by atoms with van der Waals surface area (Å²) in [6.45, 7) is -3.04. The van der Waals surface area contributed by atoms with E-state index >= 15 is 0 Å². The molecule has 3 rings (SSSR count). The van der Waals surface area contributed by atoms with Gasteiger partial charge in [-0.2, -0.15) is 8.42 Å². The third-order valence-electron chi connectivity index (χ3n) is 6.67. The van der Waals surface area contributed by atoms with Gasteiger partial charge in [0.05, 0.1) is 31.3 Å². The molecule has 3 fully saturated rings. The van der Waals surface area contributed by atoms with Crippen molar-refractivity contribution >= 4 is 10.4 Å². The summed E-state index contributed by atoms with van der Waals surface area (Å²) in [5, 5.41) is 80.7. The van der Waals surface area contributed by atoms with Crippen molar-refractivity contribution in [3.63, 3.8) is 0 Å². The van der Waals surface area contributed by atoms with Gasteiger partial charge in [-0.25, -0.2) is 4.18 Å². The molecule has 0 spiro atoms. The predicted octanol–water partition coefficient (Wildman–Crippen LogP) is -8.53. The van der Waals surface area contributed by atoms with Crippen LogP contribution in [0.4, 0.5) is 0 Å². The monoisotopic (exact) mass is 597 g/mol. The highest BCUT2D eigenvalue weighted by atomic mass is 32.3. The van der Waals surface area contributed by atoms with Crippen LogP contribution in [0.3, 0.4) is 0 Å². The van der Waals surface area contributed by atoms with Crippen molar-refractivity contribution in [1.29, 1.82) is 0 Å². The van der Waals surface area contributed by atoms with Gasteiger partial charge in [-0.1, -0.05) is 0 Å². The van der Waals surface area contributed by atoms with Crippen LogP contribution >= 0.6 is 0 Å². The van der Waals surface area contributed by atoms with Crippen LogP contribution < -0.4 is 17.2 Å². The summed E-state index contributed by atoms with van der Waals surface area (Å²) < 4.78 is 62.9. The fourth-order valence-corrected chi connectivity index (χ4v) is 5.00. The molecular formula is C18H35N3O17S. The number of hydrogen-bond acceptors (Lipinski definition) is 19. The van der Waals surface area contributed by atoms with Gasteiger partial charge >= 0.3 is 10.4 Å². The molecule has 15 atom stereocenters. The van der Waals surface area contributed by atoms with Crippen LogP contribution in [0.25, 0.3) is 0 Å². The molecule has 15 N–H and O–H groups in total. The van der Waals surface area contributed by atoms with E-state index < -0.39 is 122 Å². The first-order chi connectivity index (χ1) is 18.1. The van der Waals surface area contributed by atoms with Gasteiger partial charge in [-0.15, -0.1) is 0 Å². The van der Waals surface area contributed by atoms with Crippen molar-refractivity contribution < 1.29 is 81.7 Å². The SMILES string of the molecule is N[C@H]1[C@@H](OC2[C@@H](CO)O[C@@H](OC3[C@@H](CO)O[C@@H](O)[C@H](N)[C@H]3O)[C@H](N)[C@H]2O)O[C@](CO)(OS(=O)(=O)O)[C@@H](O)[C@@H]1O. The highest BCUT2D eigenvalue weighted by Gasteiger charge is 2.58. The Hall–Kier alpha value is -0.770. The van der Waals surface area contributed by atoms with Crippen LogP contribution in [-0.2, 0) is 38.3 Å². The first-order valence-electron chi connectivity index (χ1n) is 11.6. The minimum atomic E-state index is -5.38. The summed E-state index contributed by atoms with van der Waals surface area (Å²) in [7, 11) is -5.38. The Morgan fingerprint density at radius 3 is 1.74 bits per heavy atom. The lowest BCUT2D eigenvalue weighted by atomic mass is 9.93. The molecule has 0 saturated carbocycles. The molecule has 0 bridgehead atoms. The largest absolute Gasteiger partial charge is 0.400 e. The van der Waals surface area contributed by atoms with Gasteiger partial charge in [-0.05, 0) is 0 Å². The quantitative estimate of drug-likeness (QED) is 0.110. The number of aliphatic hydroxyl groups is 8. The van der Waals surface area contributed by atoms with Gasteiger partial charge in [0.2, 0.25) is 5.79 Å². The van der Waals surface area contributed by atoms with Crippen LogP contribution in [0, 0.1) is 0 Å². The molecule has 0 aromatic heterocycles. The Morgan fingerprint density at radius 1 is 0.744 bits per heavy atom. The van der Waals surface area contributed by atoms with Crippen LogP contribution in [0.15, 0.2) is 0 Å². The van der Waals surface area contributed by atoms with Crippen molar-refractivity contribution in [2.24, 2.45) is 17.2 Å². The number of hydrogen-bond donors (Lipinski definition) is 12. The average molecular weight is 598 g/mol. The normalized spacial score (nSPS) is 49.6. The summed E-state index contributed by atoms with van der Waals surface area (Å²) in [6, 6.07) is -4.54. The van der Waals surface area contributed by atoms with Gasteiger partial charge in [-0.3, -0.25) is 4.55 Å². The van der Waals surface area contributed by atoms with Crippen molar-refractivity contribution in [1.82, 2.24) is 0 Å². The molecule has 0 aromatic carbocycles. The lowest BCUT2D eigenvalue weighted by Crippen LogP contribution is -2.72. The van der Waals surface area contributed by atoms with Crippen LogP contribution in [0.2, 0.25) is 0 Å². The maximum Gasteiger partial charge on any atom is 0.400 e. The van der Waals surface area contributed by atoms with Crippen LogP contribution in [0.5, 0.6) is 0 Å². The minimum absolute atomic E-state index is 0.728. The topological polar surface area (TPSA) is 350 Å². The zero-order chi connectivity index (χ0) is 29.4. The Bertz CT molecular complexity index is 915. The minimum Gasteiger partial charge on any atom is -0.394 e. The Balaban J connectivity index is 1.80. The summed E-state index contributed by atoms with van der Waals surface area (Å²) in [4.78, 5) is 0. The number of rotatable bonds is 9. The molecule has 230 valence electrons. The molecule has 3 heterocycles. The third-order valence-corrected chi connectivity index (χ3v) is 7.16. The first-order valence-corrected chi connectivity index (χ1v) is 12.9. The molecule has 3 aliphatic heterocycles. The summed E-state index contributed by atoms with van der Waals surface area (Å²) in [5.41, 5.74) is 17.5. The second-order valence-electron chi connectivity index (χ2n) is 9.29.